The molecular formula is C17H23N3O2. The Balaban J connectivity index is 1.57. The predicted octanol–water partition coefficient (Wildman–Crippen LogP) is 2.37. The fourth-order valence-corrected chi connectivity index (χ4v) is 3.06. The van der Waals surface area contributed by atoms with Gasteiger partial charge < -0.3 is 14.5 Å². The first-order valence-electron chi connectivity index (χ1n) is 7.90. The second-order valence-electron chi connectivity index (χ2n) is 6.48. The van der Waals surface area contributed by atoms with Gasteiger partial charge in [0.1, 0.15) is 0 Å². The molecule has 3 rings (SSSR count). The Morgan fingerprint density at radius 2 is 2.14 bits per heavy atom. The molecule has 1 aliphatic rings. The van der Waals surface area contributed by atoms with E-state index in [9.17, 15) is 5.11 Å². The van der Waals surface area contributed by atoms with E-state index in [1.165, 1.54) is 0 Å². The zero-order valence-corrected chi connectivity index (χ0v) is 13.0. The van der Waals surface area contributed by atoms with Gasteiger partial charge in [-0.1, -0.05) is 42.4 Å². The summed E-state index contributed by atoms with van der Waals surface area (Å²) in [7, 11) is 0. The van der Waals surface area contributed by atoms with Gasteiger partial charge in [-0.25, -0.2) is 0 Å². The SMILES string of the molecule is CC1(CO)CCCN(CCc2nc(-c3ccccc3)no2)C1. The smallest absolute Gasteiger partial charge is 0.228 e. The summed E-state index contributed by atoms with van der Waals surface area (Å²) in [6.45, 7) is 5.31. The normalized spacial score (nSPS) is 22.8. The molecule has 0 aliphatic carbocycles. The minimum absolute atomic E-state index is 0.0301. The standard InChI is InChI=1S/C17H23N3O2/c1-17(13-21)9-5-10-20(12-17)11-8-15-18-16(19-22-15)14-6-3-2-4-7-14/h2-4,6-7,21H,5,8-13H2,1H3. The topological polar surface area (TPSA) is 62.4 Å². The van der Waals surface area contributed by atoms with Gasteiger partial charge in [-0.3, -0.25) is 0 Å². The summed E-state index contributed by atoms with van der Waals surface area (Å²) in [6.07, 6.45) is 2.98. The second-order valence-corrected chi connectivity index (χ2v) is 6.48. The third-order valence-electron chi connectivity index (χ3n) is 4.38. The van der Waals surface area contributed by atoms with Crippen LogP contribution in [0.5, 0.6) is 0 Å². The fourth-order valence-electron chi connectivity index (χ4n) is 3.06. The van der Waals surface area contributed by atoms with Gasteiger partial charge in [0.2, 0.25) is 11.7 Å². The van der Waals surface area contributed by atoms with Crippen molar-refractivity contribution in [3.05, 3.63) is 36.2 Å². The summed E-state index contributed by atoms with van der Waals surface area (Å²) in [6, 6.07) is 9.86. The summed E-state index contributed by atoms with van der Waals surface area (Å²) < 4.78 is 5.35. The summed E-state index contributed by atoms with van der Waals surface area (Å²) in [5.74, 6) is 1.32. The van der Waals surface area contributed by atoms with Gasteiger partial charge in [-0.15, -0.1) is 0 Å². The molecule has 118 valence electrons. The molecule has 0 radical (unpaired) electrons. The molecule has 1 aromatic heterocycles. The maximum Gasteiger partial charge on any atom is 0.228 e. The van der Waals surface area contributed by atoms with Crippen LogP contribution in [0, 0.1) is 5.41 Å². The first-order chi connectivity index (χ1) is 10.7. The lowest BCUT2D eigenvalue weighted by molar-refractivity contribution is 0.0463. The van der Waals surface area contributed by atoms with Crippen molar-refractivity contribution in [3.8, 4) is 11.4 Å². The highest BCUT2D eigenvalue weighted by Crippen LogP contribution is 2.28. The number of hydrogen-bond donors (Lipinski definition) is 1. The number of aromatic nitrogens is 2. The molecule has 0 saturated carbocycles. The van der Waals surface area contributed by atoms with Crippen LogP contribution < -0.4 is 0 Å². The van der Waals surface area contributed by atoms with Gasteiger partial charge in [-0.05, 0) is 19.4 Å². The van der Waals surface area contributed by atoms with Crippen LogP contribution in [-0.2, 0) is 6.42 Å². The van der Waals surface area contributed by atoms with Gasteiger partial charge in [0.25, 0.3) is 0 Å². The molecule has 2 aromatic rings. The second kappa shape index (κ2) is 6.58. The van der Waals surface area contributed by atoms with Crippen molar-refractivity contribution >= 4 is 0 Å². The van der Waals surface area contributed by atoms with E-state index in [1.54, 1.807) is 0 Å². The Morgan fingerprint density at radius 1 is 1.32 bits per heavy atom. The quantitative estimate of drug-likeness (QED) is 0.918. The lowest BCUT2D eigenvalue weighted by Crippen LogP contribution is -2.44. The van der Waals surface area contributed by atoms with Crippen molar-refractivity contribution in [1.29, 1.82) is 0 Å². The van der Waals surface area contributed by atoms with Crippen molar-refractivity contribution in [2.24, 2.45) is 5.41 Å². The van der Waals surface area contributed by atoms with Crippen LogP contribution in [0.25, 0.3) is 11.4 Å². The van der Waals surface area contributed by atoms with Crippen molar-refractivity contribution in [2.75, 3.05) is 26.2 Å². The molecule has 1 saturated heterocycles. The number of likely N-dealkylation sites (tertiary alicyclic amines) is 1. The number of nitrogens with zero attached hydrogens (tertiary/aromatic N) is 3. The molecule has 0 amide bonds. The van der Waals surface area contributed by atoms with Crippen molar-refractivity contribution in [3.63, 3.8) is 0 Å². The number of aliphatic hydroxyl groups excluding tert-OH is 1. The molecule has 22 heavy (non-hydrogen) atoms. The Hall–Kier alpha value is -1.72. The predicted molar refractivity (Wildman–Crippen MR) is 84.3 cm³/mol. The first kappa shape index (κ1) is 15.2. The lowest BCUT2D eigenvalue weighted by Gasteiger charge is -2.39. The van der Waals surface area contributed by atoms with Gasteiger partial charge in [0.05, 0.1) is 0 Å². The molecule has 1 fully saturated rings. The zero-order valence-electron chi connectivity index (χ0n) is 13.0. The highest BCUT2D eigenvalue weighted by molar-refractivity contribution is 5.53. The fraction of sp³-hybridized carbons (Fsp3) is 0.529. The van der Waals surface area contributed by atoms with Crippen molar-refractivity contribution in [1.82, 2.24) is 15.0 Å². The Bertz CT molecular complexity index is 599. The van der Waals surface area contributed by atoms with Crippen LogP contribution in [-0.4, -0.2) is 46.4 Å². The molecule has 5 heteroatoms. The first-order valence-corrected chi connectivity index (χ1v) is 7.90. The average Bonchev–Trinajstić information content (AvgIpc) is 3.03. The van der Waals surface area contributed by atoms with Crippen LogP contribution >= 0.6 is 0 Å². The van der Waals surface area contributed by atoms with E-state index in [0.717, 1.165) is 44.5 Å². The summed E-state index contributed by atoms with van der Waals surface area (Å²) in [5.41, 5.74) is 1.01. The molecule has 1 unspecified atom stereocenters. The van der Waals surface area contributed by atoms with E-state index < -0.39 is 0 Å². The summed E-state index contributed by atoms with van der Waals surface area (Å²) >= 11 is 0. The largest absolute Gasteiger partial charge is 0.396 e. The van der Waals surface area contributed by atoms with Gasteiger partial charge in [0.15, 0.2) is 0 Å². The number of rotatable bonds is 5. The molecule has 1 atom stereocenters. The van der Waals surface area contributed by atoms with Gasteiger partial charge >= 0.3 is 0 Å². The van der Waals surface area contributed by atoms with Crippen LogP contribution in [0.2, 0.25) is 0 Å². The highest BCUT2D eigenvalue weighted by Gasteiger charge is 2.30. The minimum atomic E-state index is 0.0301. The molecule has 0 bridgehead atoms. The molecule has 1 N–H and O–H groups in total. The van der Waals surface area contributed by atoms with Gasteiger partial charge in [-0.2, -0.15) is 4.98 Å². The highest BCUT2D eigenvalue weighted by atomic mass is 16.5. The molecule has 1 aliphatic heterocycles. The maximum absolute atomic E-state index is 9.52. The van der Waals surface area contributed by atoms with E-state index in [4.69, 9.17) is 4.52 Å². The summed E-state index contributed by atoms with van der Waals surface area (Å²) in [5, 5.41) is 13.6. The molecule has 2 heterocycles. The number of hydrogen-bond acceptors (Lipinski definition) is 5. The Morgan fingerprint density at radius 3 is 2.91 bits per heavy atom. The third-order valence-corrected chi connectivity index (χ3v) is 4.38. The van der Waals surface area contributed by atoms with Crippen molar-refractivity contribution in [2.45, 2.75) is 26.2 Å². The van der Waals surface area contributed by atoms with Gasteiger partial charge in [0, 0.05) is 37.1 Å². The number of piperidine rings is 1. The zero-order chi connectivity index (χ0) is 15.4. The molecule has 5 nitrogen and oxygen atoms in total. The van der Waals surface area contributed by atoms with E-state index in [2.05, 4.69) is 22.0 Å². The number of aliphatic hydroxyl groups is 1. The van der Waals surface area contributed by atoms with Crippen LogP contribution in [0.3, 0.4) is 0 Å². The van der Waals surface area contributed by atoms with Crippen LogP contribution in [0.1, 0.15) is 25.7 Å². The van der Waals surface area contributed by atoms with Crippen LogP contribution in [0.15, 0.2) is 34.9 Å². The lowest BCUT2D eigenvalue weighted by atomic mass is 9.83. The van der Waals surface area contributed by atoms with Crippen molar-refractivity contribution < 1.29 is 9.63 Å². The molecule has 1 aromatic carbocycles. The Kier molecular flexibility index (Phi) is 4.55. The van der Waals surface area contributed by atoms with E-state index >= 15 is 0 Å². The van der Waals surface area contributed by atoms with E-state index in [0.29, 0.717) is 11.7 Å². The molecule has 0 spiro atoms. The van der Waals surface area contributed by atoms with E-state index in [1.807, 2.05) is 30.3 Å². The minimum Gasteiger partial charge on any atom is -0.396 e. The maximum atomic E-state index is 9.52. The average molecular weight is 301 g/mol. The monoisotopic (exact) mass is 301 g/mol. The number of benzene rings is 1. The van der Waals surface area contributed by atoms with E-state index in [-0.39, 0.29) is 12.0 Å². The van der Waals surface area contributed by atoms with Crippen LogP contribution in [0.4, 0.5) is 0 Å². The third kappa shape index (κ3) is 3.54. The Labute approximate surface area is 131 Å². The molecular weight excluding hydrogens is 278 g/mol. The summed E-state index contributed by atoms with van der Waals surface area (Å²) in [4.78, 5) is 6.85.